The van der Waals surface area contributed by atoms with Crippen molar-refractivity contribution in [3.63, 3.8) is 0 Å². The van der Waals surface area contributed by atoms with Crippen molar-refractivity contribution >= 4 is 23.2 Å². The maximum Gasteiger partial charge on any atom is 0.229 e. The number of piperidine rings is 1. The number of benzene rings is 1. The zero-order chi connectivity index (χ0) is 18.5. The second-order valence-electron chi connectivity index (χ2n) is 7.63. The highest BCUT2D eigenvalue weighted by Crippen LogP contribution is 2.23. The largest absolute Gasteiger partial charge is 0.372 e. The second kappa shape index (κ2) is 8.54. The third-order valence-corrected chi connectivity index (χ3v) is 5.26. The molecule has 2 heterocycles. The molecule has 1 unspecified atom stereocenters. The Morgan fingerprint density at radius 3 is 2.50 bits per heavy atom. The molecule has 3 rings (SSSR count). The lowest BCUT2D eigenvalue weighted by molar-refractivity contribution is -0.128. The maximum absolute atomic E-state index is 12.5. The van der Waals surface area contributed by atoms with Crippen LogP contribution in [0.4, 0.5) is 11.4 Å². The zero-order valence-corrected chi connectivity index (χ0v) is 15.9. The van der Waals surface area contributed by atoms with Crippen LogP contribution in [0.3, 0.4) is 0 Å². The topological polar surface area (TPSA) is 55.9 Å². The van der Waals surface area contributed by atoms with E-state index in [2.05, 4.69) is 22.3 Å². The summed E-state index contributed by atoms with van der Waals surface area (Å²) >= 11 is 0. The van der Waals surface area contributed by atoms with Gasteiger partial charge in [0.05, 0.1) is 5.92 Å². The van der Waals surface area contributed by atoms with Gasteiger partial charge in [-0.1, -0.05) is 0 Å². The monoisotopic (exact) mass is 358 g/mol. The molecule has 0 radical (unpaired) electrons. The average molecular weight is 358 g/mol. The lowest BCUT2D eigenvalue weighted by atomic mass is 10.1. The molecule has 0 bridgehead atoms. The predicted octanol–water partition coefficient (Wildman–Crippen LogP) is 2.03. The SMILES string of the molecule is CN(C)CCN1CC(C(=O)Nc2ccc(N3CCCCC3)cc2)CC1=O. The molecule has 1 atom stereocenters. The number of carbonyl (C=O) groups is 2. The van der Waals surface area contributed by atoms with Gasteiger partial charge in [0.2, 0.25) is 11.8 Å². The van der Waals surface area contributed by atoms with Crippen LogP contribution in [0.1, 0.15) is 25.7 Å². The molecule has 0 saturated carbocycles. The molecule has 2 aliphatic rings. The van der Waals surface area contributed by atoms with E-state index in [0.717, 1.165) is 25.3 Å². The van der Waals surface area contributed by atoms with Gasteiger partial charge in [-0.05, 0) is 57.6 Å². The summed E-state index contributed by atoms with van der Waals surface area (Å²) in [6.45, 7) is 4.24. The van der Waals surface area contributed by atoms with Gasteiger partial charge >= 0.3 is 0 Å². The Hall–Kier alpha value is -2.08. The van der Waals surface area contributed by atoms with Crippen molar-refractivity contribution in [2.24, 2.45) is 5.92 Å². The smallest absolute Gasteiger partial charge is 0.229 e. The van der Waals surface area contributed by atoms with Crippen LogP contribution in [0.25, 0.3) is 0 Å². The summed E-state index contributed by atoms with van der Waals surface area (Å²) in [5.41, 5.74) is 2.02. The predicted molar refractivity (Wildman–Crippen MR) is 104 cm³/mol. The first-order valence-electron chi connectivity index (χ1n) is 9.61. The van der Waals surface area contributed by atoms with Crippen LogP contribution in [0.5, 0.6) is 0 Å². The number of nitrogens with one attached hydrogen (secondary N) is 1. The molecule has 26 heavy (non-hydrogen) atoms. The first-order chi connectivity index (χ1) is 12.5. The molecular weight excluding hydrogens is 328 g/mol. The quantitative estimate of drug-likeness (QED) is 0.845. The van der Waals surface area contributed by atoms with Crippen LogP contribution < -0.4 is 10.2 Å². The highest BCUT2D eigenvalue weighted by molar-refractivity contribution is 5.97. The summed E-state index contributed by atoms with van der Waals surface area (Å²) in [5.74, 6) is -0.240. The Kier molecular flexibility index (Phi) is 6.14. The van der Waals surface area contributed by atoms with Crippen molar-refractivity contribution in [2.75, 3.05) is 57.0 Å². The summed E-state index contributed by atoms with van der Waals surface area (Å²) < 4.78 is 0. The van der Waals surface area contributed by atoms with Gasteiger partial charge in [0.25, 0.3) is 0 Å². The van der Waals surface area contributed by atoms with E-state index in [1.807, 2.05) is 31.1 Å². The van der Waals surface area contributed by atoms with E-state index in [1.54, 1.807) is 4.90 Å². The van der Waals surface area contributed by atoms with Crippen molar-refractivity contribution in [3.8, 4) is 0 Å². The Bertz CT molecular complexity index is 623. The number of anilines is 2. The maximum atomic E-state index is 12.5. The molecular formula is C20H30N4O2. The fourth-order valence-corrected chi connectivity index (χ4v) is 3.64. The molecule has 1 aromatic rings. The van der Waals surface area contributed by atoms with E-state index in [1.165, 1.54) is 24.9 Å². The fourth-order valence-electron chi connectivity index (χ4n) is 3.64. The average Bonchev–Trinajstić information content (AvgIpc) is 3.02. The number of likely N-dealkylation sites (N-methyl/N-ethyl adjacent to an activating group) is 1. The number of rotatable bonds is 6. The molecule has 142 valence electrons. The molecule has 2 aliphatic heterocycles. The third-order valence-electron chi connectivity index (χ3n) is 5.26. The number of carbonyl (C=O) groups excluding carboxylic acids is 2. The van der Waals surface area contributed by atoms with E-state index in [4.69, 9.17) is 0 Å². The molecule has 2 fully saturated rings. The van der Waals surface area contributed by atoms with E-state index in [0.29, 0.717) is 19.5 Å². The van der Waals surface area contributed by atoms with Gasteiger partial charge < -0.3 is 20.0 Å². The van der Waals surface area contributed by atoms with Gasteiger partial charge in [-0.25, -0.2) is 0 Å². The minimum absolute atomic E-state index is 0.0589. The molecule has 6 heteroatoms. The number of hydrogen-bond donors (Lipinski definition) is 1. The van der Waals surface area contributed by atoms with Crippen molar-refractivity contribution in [3.05, 3.63) is 24.3 Å². The van der Waals surface area contributed by atoms with Gasteiger partial charge in [-0.3, -0.25) is 9.59 Å². The molecule has 1 N–H and O–H groups in total. The molecule has 0 aliphatic carbocycles. The highest BCUT2D eigenvalue weighted by Gasteiger charge is 2.34. The number of amides is 2. The fraction of sp³-hybridized carbons (Fsp3) is 0.600. The molecule has 0 spiro atoms. The van der Waals surface area contributed by atoms with E-state index < -0.39 is 0 Å². The number of hydrogen-bond acceptors (Lipinski definition) is 4. The van der Waals surface area contributed by atoms with Gasteiger partial charge in [0, 0.05) is 50.5 Å². The normalized spacial score (nSPS) is 20.7. The van der Waals surface area contributed by atoms with Crippen molar-refractivity contribution < 1.29 is 9.59 Å². The van der Waals surface area contributed by atoms with Crippen molar-refractivity contribution in [2.45, 2.75) is 25.7 Å². The summed E-state index contributed by atoms with van der Waals surface area (Å²) in [4.78, 5) is 30.9. The van der Waals surface area contributed by atoms with Crippen LogP contribution in [0.2, 0.25) is 0 Å². The van der Waals surface area contributed by atoms with Crippen LogP contribution in [0.15, 0.2) is 24.3 Å². The van der Waals surface area contributed by atoms with E-state index >= 15 is 0 Å². The Morgan fingerprint density at radius 1 is 1.15 bits per heavy atom. The summed E-state index contributed by atoms with van der Waals surface area (Å²) in [6, 6.07) is 8.07. The second-order valence-corrected chi connectivity index (χ2v) is 7.63. The summed E-state index contributed by atoms with van der Waals surface area (Å²) in [6.07, 6.45) is 4.12. The molecule has 2 saturated heterocycles. The Balaban J connectivity index is 1.52. The highest BCUT2D eigenvalue weighted by atomic mass is 16.2. The first-order valence-corrected chi connectivity index (χ1v) is 9.61. The van der Waals surface area contributed by atoms with Crippen LogP contribution in [-0.2, 0) is 9.59 Å². The van der Waals surface area contributed by atoms with Gasteiger partial charge in [-0.2, -0.15) is 0 Å². The van der Waals surface area contributed by atoms with Gasteiger partial charge in [0.15, 0.2) is 0 Å². The molecule has 6 nitrogen and oxygen atoms in total. The number of likely N-dealkylation sites (tertiary alicyclic amines) is 1. The number of nitrogens with zero attached hydrogens (tertiary/aromatic N) is 3. The first kappa shape index (κ1) is 18.7. The Labute approximate surface area is 156 Å². The van der Waals surface area contributed by atoms with Crippen LogP contribution in [0, 0.1) is 5.92 Å². The van der Waals surface area contributed by atoms with Crippen molar-refractivity contribution in [1.29, 1.82) is 0 Å². The van der Waals surface area contributed by atoms with Crippen LogP contribution >= 0.6 is 0 Å². The lowest BCUT2D eigenvalue weighted by Crippen LogP contribution is -2.34. The van der Waals surface area contributed by atoms with E-state index in [9.17, 15) is 9.59 Å². The minimum Gasteiger partial charge on any atom is -0.372 e. The molecule has 0 aromatic heterocycles. The standard InChI is InChI=1S/C20H30N4O2/c1-22(2)12-13-24-15-16(14-19(24)25)20(26)21-17-6-8-18(9-7-17)23-10-4-3-5-11-23/h6-9,16H,3-5,10-15H2,1-2H3,(H,21,26). The minimum atomic E-state index is -0.258. The molecule has 2 amide bonds. The third kappa shape index (κ3) is 4.75. The summed E-state index contributed by atoms with van der Waals surface area (Å²) in [7, 11) is 3.97. The van der Waals surface area contributed by atoms with E-state index in [-0.39, 0.29) is 17.7 Å². The lowest BCUT2D eigenvalue weighted by Gasteiger charge is -2.28. The molecule has 1 aromatic carbocycles. The van der Waals surface area contributed by atoms with Crippen molar-refractivity contribution in [1.82, 2.24) is 9.80 Å². The zero-order valence-electron chi connectivity index (χ0n) is 15.9. The van der Waals surface area contributed by atoms with Crippen LogP contribution in [-0.4, -0.2) is 68.4 Å². The Morgan fingerprint density at radius 2 is 1.85 bits per heavy atom. The van der Waals surface area contributed by atoms with Gasteiger partial charge in [0.1, 0.15) is 0 Å². The van der Waals surface area contributed by atoms with Gasteiger partial charge in [-0.15, -0.1) is 0 Å². The summed E-state index contributed by atoms with van der Waals surface area (Å²) in [5, 5.41) is 2.97.